The molecule has 2 N–H and O–H groups in total. The Morgan fingerprint density at radius 1 is 1.19 bits per heavy atom. The van der Waals surface area contributed by atoms with E-state index in [1.165, 1.54) is 6.07 Å². The predicted molar refractivity (Wildman–Crippen MR) is 55.4 cm³/mol. The van der Waals surface area contributed by atoms with Gasteiger partial charge in [0.15, 0.2) is 17.5 Å². The van der Waals surface area contributed by atoms with Crippen molar-refractivity contribution < 1.29 is 13.2 Å². The van der Waals surface area contributed by atoms with Crippen LogP contribution in [0.4, 0.5) is 13.2 Å². The van der Waals surface area contributed by atoms with Crippen LogP contribution in [0.5, 0.6) is 0 Å². The van der Waals surface area contributed by atoms with Gasteiger partial charge in [-0.1, -0.05) is 19.9 Å². The molecule has 0 bridgehead atoms. The third-order valence-corrected chi connectivity index (χ3v) is 3.70. The smallest absolute Gasteiger partial charge is 0.194 e. The van der Waals surface area contributed by atoms with Crippen molar-refractivity contribution >= 4 is 0 Å². The summed E-state index contributed by atoms with van der Waals surface area (Å²) < 4.78 is 39.4. The summed E-state index contributed by atoms with van der Waals surface area (Å²) in [5, 5.41) is 0. The van der Waals surface area contributed by atoms with Crippen LogP contribution < -0.4 is 5.73 Å². The van der Waals surface area contributed by atoms with Gasteiger partial charge in [0.05, 0.1) is 0 Å². The molecule has 0 spiro atoms. The Balaban J connectivity index is 2.41. The summed E-state index contributed by atoms with van der Waals surface area (Å²) in [6, 6.07) is 2.28. The Morgan fingerprint density at radius 3 is 2.31 bits per heavy atom. The molecule has 1 aliphatic carbocycles. The van der Waals surface area contributed by atoms with Crippen LogP contribution in [0.1, 0.15) is 25.3 Å². The first-order chi connectivity index (χ1) is 7.41. The maximum atomic E-state index is 13.6. The molecular weight excluding hydrogens is 215 g/mol. The van der Waals surface area contributed by atoms with Gasteiger partial charge in [-0.3, -0.25) is 0 Å². The zero-order valence-electron chi connectivity index (χ0n) is 9.23. The van der Waals surface area contributed by atoms with E-state index in [1.807, 2.05) is 13.8 Å². The molecule has 1 nitrogen and oxygen atoms in total. The normalized spacial score (nSPS) is 26.9. The maximum absolute atomic E-state index is 13.6. The van der Waals surface area contributed by atoms with Crippen LogP contribution in [0, 0.1) is 28.8 Å². The number of benzene rings is 1. The molecule has 1 aromatic rings. The molecule has 1 saturated carbocycles. The molecule has 0 radical (unpaired) electrons. The molecule has 2 atom stereocenters. The van der Waals surface area contributed by atoms with E-state index in [-0.39, 0.29) is 22.8 Å². The zero-order chi connectivity index (χ0) is 12.1. The van der Waals surface area contributed by atoms with Gasteiger partial charge in [0.25, 0.3) is 0 Å². The molecule has 1 aromatic carbocycles. The fraction of sp³-hybridized carbons (Fsp3) is 0.500. The molecule has 0 aromatic heterocycles. The predicted octanol–water partition coefficient (Wildman–Crippen LogP) is 2.80. The summed E-state index contributed by atoms with van der Waals surface area (Å²) in [7, 11) is 0. The van der Waals surface area contributed by atoms with Crippen LogP contribution in [0.25, 0.3) is 0 Å². The second-order valence-corrected chi connectivity index (χ2v) is 4.91. The lowest BCUT2D eigenvalue weighted by atomic mass is 10.0. The van der Waals surface area contributed by atoms with Crippen LogP contribution in [0.3, 0.4) is 0 Å². The lowest BCUT2D eigenvalue weighted by Crippen LogP contribution is -2.05. The van der Waals surface area contributed by atoms with Crippen molar-refractivity contribution in [2.75, 3.05) is 6.54 Å². The minimum absolute atomic E-state index is 0.118. The van der Waals surface area contributed by atoms with Crippen molar-refractivity contribution in [3.05, 3.63) is 35.1 Å². The highest BCUT2D eigenvalue weighted by atomic mass is 19.2. The lowest BCUT2D eigenvalue weighted by molar-refractivity contribution is 0.438. The van der Waals surface area contributed by atoms with Crippen LogP contribution >= 0.6 is 0 Å². The van der Waals surface area contributed by atoms with E-state index in [0.717, 1.165) is 6.07 Å². The van der Waals surface area contributed by atoms with Gasteiger partial charge in [-0.25, -0.2) is 13.2 Å². The third-order valence-electron chi connectivity index (χ3n) is 3.70. The Labute approximate surface area is 92.5 Å². The summed E-state index contributed by atoms with van der Waals surface area (Å²) in [5.74, 6) is -3.60. The van der Waals surface area contributed by atoms with E-state index in [9.17, 15) is 13.2 Å². The minimum Gasteiger partial charge on any atom is -0.330 e. The second kappa shape index (κ2) is 3.48. The molecule has 0 heterocycles. The minimum atomic E-state index is -1.39. The Bertz CT molecular complexity index is 429. The number of nitrogens with two attached hydrogens (primary N) is 1. The van der Waals surface area contributed by atoms with Gasteiger partial charge in [-0.2, -0.15) is 0 Å². The summed E-state index contributed by atoms with van der Waals surface area (Å²) in [5.41, 5.74) is 5.66. The van der Waals surface area contributed by atoms with E-state index in [2.05, 4.69) is 0 Å². The fourth-order valence-corrected chi connectivity index (χ4v) is 2.58. The van der Waals surface area contributed by atoms with E-state index >= 15 is 0 Å². The second-order valence-electron chi connectivity index (χ2n) is 4.91. The van der Waals surface area contributed by atoms with Gasteiger partial charge in [-0.15, -0.1) is 0 Å². The number of rotatable bonds is 2. The van der Waals surface area contributed by atoms with Crippen molar-refractivity contribution in [2.45, 2.75) is 19.8 Å². The van der Waals surface area contributed by atoms with Crippen molar-refractivity contribution in [3.63, 3.8) is 0 Å². The molecular formula is C12H14F3N. The molecule has 1 fully saturated rings. The van der Waals surface area contributed by atoms with Gasteiger partial charge >= 0.3 is 0 Å². The number of hydrogen-bond donors (Lipinski definition) is 1. The number of hydrogen-bond acceptors (Lipinski definition) is 1. The van der Waals surface area contributed by atoms with Crippen molar-refractivity contribution in [3.8, 4) is 0 Å². The van der Waals surface area contributed by atoms with Crippen LogP contribution in [0.2, 0.25) is 0 Å². The highest BCUT2D eigenvalue weighted by molar-refractivity contribution is 5.34. The summed E-state index contributed by atoms with van der Waals surface area (Å²) >= 11 is 0. The van der Waals surface area contributed by atoms with E-state index in [1.54, 1.807) is 0 Å². The maximum Gasteiger partial charge on any atom is 0.194 e. The first kappa shape index (κ1) is 11.5. The van der Waals surface area contributed by atoms with E-state index in [4.69, 9.17) is 5.73 Å². The summed E-state index contributed by atoms with van der Waals surface area (Å²) in [6.45, 7) is 4.34. The number of halogens is 3. The lowest BCUT2D eigenvalue weighted by Gasteiger charge is -2.05. The Hall–Kier alpha value is -1.03. The first-order valence-corrected chi connectivity index (χ1v) is 5.24. The quantitative estimate of drug-likeness (QED) is 0.775. The summed E-state index contributed by atoms with van der Waals surface area (Å²) in [6.07, 6.45) is 0. The first-order valence-electron chi connectivity index (χ1n) is 5.24. The molecule has 0 unspecified atom stereocenters. The van der Waals surface area contributed by atoms with Gasteiger partial charge < -0.3 is 5.73 Å². The SMILES string of the molecule is CC1(C)[C@@H](CN)[C@@H]1c1ccc(F)c(F)c1F. The molecule has 16 heavy (non-hydrogen) atoms. The van der Waals surface area contributed by atoms with E-state index < -0.39 is 17.5 Å². The monoisotopic (exact) mass is 229 g/mol. The van der Waals surface area contributed by atoms with Crippen molar-refractivity contribution in [2.24, 2.45) is 17.1 Å². The van der Waals surface area contributed by atoms with Crippen molar-refractivity contribution in [1.82, 2.24) is 0 Å². The van der Waals surface area contributed by atoms with Crippen LogP contribution in [0.15, 0.2) is 12.1 Å². The molecule has 2 rings (SSSR count). The van der Waals surface area contributed by atoms with Crippen LogP contribution in [-0.2, 0) is 0 Å². The average Bonchev–Trinajstić information content (AvgIpc) is 2.77. The fourth-order valence-electron chi connectivity index (χ4n) is 2.58. The van der Waals surface area contributed by atoms with Gasteiger partial charge in [0.2, 0.25) is 0 Å². The van der Waals surface area contributed by atoms with Crippen molar-refractivity contribution in [1.29, 1.82) is 0 Å². The van der Waals surface area contributed by atoms with Gasteiger partial charge in [0.1, 0.15) is 0 Å². The van der Waals surface area contributed by atoms with Crippen LogP contribution in [-0.4, -0.2) is 6.54 Å². The standard InChI is InChI=1S/C12H14F3N/c1-12(2)7(5-16)9(12)6-3-4-8(13)11(15)10(6)14/h3-4,7,9H,5,16H2,1-2H3/t7-,9-/m0/s1. The molecule has 0 aliphatic heterocycles. The molecule has 1 aliphatic rings. The molecule has 88 valence electrons. The highest BCUT2D eigenvalue weighted by Gasteiger charge is 2.58. The molecule has 0 amide bonds. The molecule has 4 heteroatoms. The summed E-state index contributed by atoms with van der Waals surface area (Å²) in [4.78, 5) is 0. The topological polar surface area (TPSA) is 26.0 Å². The molecule has 0 saturated heterocycles. The third kappa shape index (κ3) is 1.44. The zero-order valence-corrected chi connectivity index (χ0v) is 9.23. The van der Waals surface area contributed by atoms with E-state index in [0.29, 0.717) is 6.54 Å². The average molecular weight is 229 g/mol. The Kier molecular flexibility index (Phi) is 2.49. The van der Waals surface area contributed by atoms with Gasteiger partial charge in [0, 0.05) is 0 Å². The van der Waals surface area contributed by atoms with Gasteiger partial charge in [-0.05, 0) is 35.4 Å². The Morgan fingerprint density at radius 2 is 1.81 bits per heavy atom. The highest BCUT2D eigenvalue weighted by Crippen LogP contribution is 2.64. The largest absolute Gasteiger partial charge is 0.330 e.